The molecule has 0 aliphatic carbocycles. The van der Waals surface area contributed by atoms with E-state index in [0.29, 0.717) is 34.2 Å². The second-order valence-electron chi connectivity index (χ2n) is 7.34. The van der Waals surface area contributed by atoms with Crippen LogP contribution in [0.2, 0.25) is 5.02 Å². The average molecular weight is 449 g/mol. The number of benzene rings is 2. The van der Waals surface area contributed by atoms with Gasteiger partial charge in [0.15, 0.2) is 0 Å². The summed E-state index contributed by atoms with van der Waals surface area (Å²) in [6, 6.07) is 14.5. The number of carbonyl (C=O) groups excluding carboxylic acids is 2. The Morgan fingerprint density at radius 1 is 1.16 bits per heavy atom. The van der Waals surface area contributed by atoms with Gasteiger partial charge in [-0.1, -0.05) is 17.7 Å². The number of aryl methyl sites for hydroxylation is 1. The Balaban J connectivity index is 1.90. The highest BCUT2D eigenvalue weighted by molar-refractivity contribution is 6.51. The number of anilines is 1. The fourth-order valence-corrected chi connectivity index (χ4v) is 4.08. The van der Waals surface area contributed by atoms with Gasteiger partial charge in [-0.3, -0.25) is 19.5 Å². The van der Waals surface area contributed by atoms with Crippen LogP contribution in [-0.4, -0.2) is 28.4 Å². The Morgan fingerprint density at radius 3 is 2.53 bits per heavy atom. The fraction of sp³-hybridized carbons (Fsp3) is 0.160. The second kappa shape index (κ2) is 8.85. The normalized spacial score (nSPS) is 17.6. The molecule has 1 aromatic heterocycles. The summed E-state index contributed by atoms with van der Waals surface area (Å²) in [4.78, 5) is 31.9. The van der Waals surface area contributed by atoms with Crippen LogP contribution in [0.15, 0.2) is 72.6 Å². The molecule has 1 fully saturated rings. The van der Waals surface area contributed by atoms with E-state index in [2.05, 4.69) is 4.98 Å². The lowest BCUT2D eigenvalue weighted by atomic mass is 9.96. The van der Waals surface area contributed by atoms with Crippen molar-refractivity contribution in [2.75, 3.05) is 11.5 Å². The molecule has 0 radical (unpaired) electrons. The predicted molar refractivity (Wildman–Crippen MR) is 123 cm³/mol. The topological polar surface area (TPSA) is 79.7 Å². The monoisotopic (exact) mass is 448 g/mol. The van der Waals surface area contributed by atoms with E-state index >= 15 is 0 Å². The molecule has 1 unspecified atom stereocenters. The number of ether oxygens (including phenoxy) is 1. The summed E-state index contributed by atoms with van der Waals surface area (Å²) >= 11 is 6.10. The number of carbonyl (C=O) groups is 2. The Morgan fingerprint density at radius 2 is 1.91 bits per heavy atom. The van der Waals surface area contributed by atoms with Crippen LogP contribution >= 0.6 is 11.6 Å². The summed E-state index contributed by atoms with van der Waals surface area (Å²) < 4.78 is 5.45. The van der Waals surface area contributed by atoms with E-state index in [-0.39, 0.29) is 11.3 Å². The van der Waals surface area contributed by atoms with Crippen LogP contribution in [0.4, 0.5) is 5.69 Å². The fourth-order valence-electron chi connectivity index (χ4n) is 3.85. The molecule has 0 saturated carbocycles. The molecule has 2 heterocycles. The van der Waals surface area contributed by atoms with Crippen molar-refractivity contribution in [1.82, 2.24) is 4.98 Å². The lowest BCUT2D eigenvalue weighted by Gasteiger charge is -2.26. The SMILES string of the molecule is CCOc1ccc(/C(O)=C2\C(=O)C(=O)N(c3ccc(Cl)cc3C)C2c2cccnc2)cc1. The number of rotatable bonds is 5. The number of aliphatic hydroxyl groups excluding tert-OH is 1. The van der Waals surface area contributed by atoms with E-state index in [1.165, 1.54) is 4.90 Å². The van der Waals surface area contributed by atoms with Crippen molar-refractivity contribution in [3.8, 4) is 5.75 Å². The van der Waals surface area contributed by atoms with Crippen LogP contribution in [0.25, 0.3) is 5.76 Å². The number of Topliss-reactive ketones (excluding diaryl/α,β-unsaturated/α-hetero) is 1. The maximum absolute atomic E-state index is 13.2. The maximum Gasteiger partial charge on any atom is 0.300 e. The summed E-state index contributed by atoms with van der Waals surface area (Å²) in [5.74, 6) is -1.10. The molecule has 32 heavy (non-hydrogen) atoms. The molecule has 1 aliphatic heterocycles. The largest absolute Gasteiger partial charge is 0.507 e. The zero-order valence-electron chi connectivity index (χ0n) is 17.6. The molecule has 0 spiro atoms. The van der Waals surface area contributed by atoms with Crippen molar-refractivity contribution >= 4 is 34.7 Å². The second-order valence-corrected chi connectivity index (χ2v) is 7.78. The molecule has 162 valence electrons. The van der Waals surface area contributed by atoms with Crippen LogP contribution in [0, 0.1) is 6.92 Å². The molecule has 7 heteroatoms. The smallest absolute Gasteiger partial charge is 0.300 e. The molecule has 1 N–H and O–H groups in total. The Hall–Kier alpha value is -3.64. The number of ketones is 1. The van der Waals surface area contributed by atoms with E-state index in [9.17, 15) is 14.7 Å². The molecule has 6 nitrogen and oxygen atoms in total. The highest BCUT2D eigenvalue weighted by Crippen LogP contribution is 2.43. The number of amides is 1. The van der Waals surface area contributed by atoms with Gasteiger partial charge in [-0.2, -0.15) is 0 Å². The molecule has 1 amide bonds. The molecule has 0 bridgehead atoms. The molecule has 4 rings (SSSR count). The summed E-state index contributed by atoms with van der Waals surface area (Å²) in [7, 11) is 0. The van der Waals surface area contributed by atoms with Crippen LogP contribution < -0.4 is 9.64 Å². The predicted octanol–water partition coefficient (Wildman–Crippen LogP) is 5.07. The van der Waals surface area contributed by atoms with E-state index in [4.69, 9.17) is 16.3 Å². The van der Waals surface area contributed by atoms with Crippen molar-refractivity contribution in [2.45, 2.75) is 19.9 Å². The quantitative estimate of drug-likeness (QED) is 0.335. The average Bonchev–Trinajstić information content (AvgIpc) is 3.05. The number of hydrogen-bond acceptors (Lipinski definition) is 5. The first-order chi connectivity index (χ1) is 15.4. The molecule has 3 aromatic rings. The van der Waals surface area contributed by atoms with Gasteiger partial charge in [0.2, 0.25) is 0 Å². The Labute approximate surface area is 190 Å². The van der Waals surface area contributed by atoms with Gasteiger partial charge in [-0.25, -0.2) is 0 Å². The van der Waals surface area contributed by atoms with Crippen molar-refractivity contribution in [2.24, 2.45) is 0 Å². The Kier molecular flexibility index (Phi) is 5.97. The van der Waals surface area contributed by atoms with Gasteiger partial charge in [-0.05, 0) is 73.5 Å². The molecule has 1 atom stereocenters. The van der Waals surface area contributed by atoms with Crippen LogP contribution in [0.5, 0.6) is 5.75 Å². The summed E-state index contributed by atoms with van der Waals surface area (Å²) in [6.45, 7) is 4.20. The van der Waals surface area contributed by atoms with Gasteiger partial charge in [0.25, 0.3) is 11.7 Å². The van der Waals surface area contributed by atoms with E-state index < -0.39 is 17.7 Å². The summed E-state index contributed by atoms with van der Waals surface area (Å²) in [6.07, 6.45) is 3.19. The molecule has 1 aliphatic rings. The van der Waals surface area contributed by atoms with Crippen molar-refractivity contribution in [1.29, 1.82) is 0 Å². The first-order valence-electron chi connectivity index (χ1n) is 10.1. The van der Waals surface area contributed by atoms with Crippen molar-refractivity contribution in [3.05, 3.63) is 94.3 Å². The molecule has 2 aromatic carbocycles. The number of aliphatic hydroxyl groups is 1. The van der Waals surface area contributed by atoms with Gasteiger partial charge in [0.05, 0.1) is 18.2 Å². The Bertz CT molecular complexity index is 1210. The third-order valence-electron chi connectivity index (χ3n) is 5.30. The van der Waals surface area contributed by atoms with Crippen LogP contribution in [0.3, 0.4) is 0 Å². The maximum atomic E-state index is 13.2. The van der Waals surface area contributed by atoms with E-state index in [1.807, 2.05) is 13.8 Å². The highest BCUT2D eigenvalue weighted by Gasteiger charge is 2.47. The van der Waals surface area contributed by atoms with Crippen LogP contribution in [-0.2, 0) is 9.59 Å². The van der Waals surface area contributed by atoms with Crippen molar-refractivity contribution in [3.63, 3.8) is 0 Å². The number of halogens is 1. The molecular formula is C25H21ClN2O4. The van der Waals surface area contributed by atoms with Gasteiger partial charge in [0.1, 0.15) is 11.5 Å². The minimum atomic E-state index is -0.838. The standard InChI is InChI=1S/C25H21ClN2O4/c1-3-32-19-9-6-16(7-10-19)23(29)21-22(17-5-4-12-27-14-17)28(25(31)24(21)30)20-11-8-18(26)13-15(20)2/h4-14,22,29H,3H2,1-2H3/b23-21+. The van der Waals surface area contributed by atoms with Crippen molar-refractivity contribution < 1.29 is 19.4 Å². The van der Waals surface area contributed by atoms with E-state index in [1.54, 1.807) is 67.0 Å². The van der Waals surface area contributed by atoms with Gasteiger partial charge < -0.3 is 9.84 Å². The first-order valence-corrected chi connectivity index (χ1v) is 10.5. The van der Waals surface area contributed by atoms with E-state index in [0.717, 1.165) is 5.56 Å². The zero-order chi connectivity index (χ0) is 22.8. The molecular weight excluding hydrogens is 428 g/mol. The minimum Gasteiger partial charge on any atom is -0.507 e. The third-order valence-corrected chi connectivity index (χ3v) is 5.54. The lowest BCUT2D eigenvalue weighted by molar-refractivity contribution is -0.132. The third kappa shape index (κ3) is 3.85. The summed E-state index contributed by atoms with van der Waals surface area (Å²) in [5, 5.41) is 11.7. The lowest BCUT2D eigenvalue weighted by Crippen LogP contribution is -2.30. The first kappa shape index (κ1) is 21.6. The van der Waals surface area contributed by atoms with Gasteiger partial charge in [0, 0.05) is 28.7 Å². The van der Waals surface area contributed by atoms with Gasteiger partial charge in [-0.15, -0.1) is 0 Å². The van der Waals surface area contributed by atoms with Gasteiger partial charge >= 0.3 is 0 Å². The number of nitrogens with zero attached hydrogens (tertiary/aromatic N) is 2. The number of pyridine rings is 1. The zero-order valence-corrected chi connectivity index (χ0v) is 18.3. The molecule has 1 saturated heterocycles. The highest BCUT2D eigenvalue weighted by atomic mass is 35.5. The minimum absolute atomic E-state index is 0.00140. The number of aromatic nitrogens is 1. The van der Waals surface area contributed by atoms with Crippen LogP contribution in [0.1, 0.15) is 29.7 Å². The number of hydrogen-bond donors (Lipinski definition) is 1. The summed E-state index contributed by atoms with van der Waals surface area (Å²) in [5.41, 5.74) is 2.29.